The van der Waals surface area contributed by atoms with Crippen molar-refractivity contribution in [3.63, 3.8) is 0 Å². The predicted octanol–water partition coefficient (Wildman–Crippen LogP) is 4.39. The lowest BCUT2D eigenvalue weighted by Gasteiger charge is -2.08. The van der Waals surface area contributed by atoms with Crippen LogP contribution in [0.25, 0.3) is 11.3 Å². The molecule has 0 radical (unpaired) electrons. The van der Waals surface area contributed by atoms with Crippen molar-refractivity contribution in [3.05, 3.63) is 69.8 Å². The summed E-state index contributed by atoms with van der Waals surface area (Å²) < 4.78 is 0.741. The number of halogens is 2. The highest BCUT2D eigenvalue weighted by molar-refractivity contribution is 9.10. The summed E-state index contributed by atoms with van der Waals surface area (Å²) in [4.78, 5) is 20.4. The van der Waals surface area contributed by atoms with Gasteiger partial charge in [0.05, 0.1) is 5.69 Å². The van der Waals surface area contributed by atoms with Crippen LogP contribution in [-0.2, 0) is 0 Å². The Morgan fingerprint density at radius 3 is 2.75 bits per heavy atom. The third-order valence-corrected chi connectivity index (χ3v) is 3.89. The minimum atomic E-state index is -0.252. The third-order valence-electron chi connectivity index (χ3n) is 3.22. The highest BCUT2D eigenvalue weighted by Gasteiger charge is 2.09. The van der Waals surface area contributed by atoms with E-state index in [1.807, 2.05) is 18.2 Å². The Morgan fingerprint density at radius 1 is 1.17 bits per heavy atom. The molecule has 0 spiro atoms. The summed E-state index contributed by atoms with van der Waals surface area (Å²) in [5, 5.41) is 3.33. The maximum Gasteiger partial charge on any atom is 0.255 e. The zero-order chi connectivity index (χ0) is 17.1. The summed E-state index contributed by atoms with van der Waals surface area (Å²) in [7, 11) is 0. The SMILES string of the molecule is Nc1nccc(-c2cccc(NC(=O)c3cc(Cl)cc(Br)c3)c2)n1. The van der Waals surface area contributed by atoms with Gasteiger partial charge in [0.15, 0.2) is 0 Å². The van der Waals surface area contributed by atoms with Gasteiger partial charge in [0, 0.05) is 32.5 Å². The summed E-state index contributed by atoms with van der Waals surface area (Å²) >= 11 is 9.31. The third kappa shape index (κ3) is 3.90. The summed E-state index contributed by atoms with van der Waals surface area (Å²) in [6.07, 6.45) is 1.59. The maximum absolute atomic E-state index is 12.4. The molecule has 0 saturated heterocycles. The van der Waals surface area contributed by atoms with Crippen LogP contribution in [0.1, 0.15) is 10.4 Å². The van der Waals surface area contributed by atoms with E-state index in [-0.39, 0.29) is 11.9 Å². The number of nitrogen functional groups attached to an aromatic ring is 1. The smallest absolute Gasteiger partial charge is 0.255 e. The average Bonchev–Trinajstić information content (AvgIpc) is 2.54. The molecular formula is C17H12BrClN4O. The number of hydrogen-bond acceptors (Lipinski definition) is 4. The zero-order valence-corrected chi connectivity index (χ0v) is 14.7. The van der Waals surface area contributed by atoms with Crippen molar-refractivity contribution < 1.29 is 4.79 Å². The number of nitrogens with two attached hydrogens (primary N) is 1. The van der Waals surface area contributed by atoms with Gasteiger partial charge in [0.25, 0.3) is 5.91 Å². The standard InChI is InChI=1S/C17H12BrClN4O/c18-12-6-11(7-13(19)9-12)16(24)22-14-3-1-2-10(8-14)15-4-5-21-17(20)23-15/h1-9H,(H,22,24)(H2,20,21,23). The normalized spacial score (nSPS) is 10.4. The van der Waals surface area contributed by atoms with Crippen molar-refractivity contribution in [2.45, 2.75) is 0 Å². The van der Waals surface area contributed by atoms with Crippen molar-refractivity contribution in [2.24, 2.45) is 0 Å². The van der Waals surface area contributed by atoms with Crippen LogP contribution in [0, 0.1) is 0 Å². The topological polar surface area (TPSA) is 80.9 Å². The average molecular weight is 404 g/mol. The highest BCUT2D eigenvalue weighted by Crippen LogP contribution is 2.23. The molecule has 0 bridgehead atoms. The van der Waals surface area contributed by atoms with E-state index in [0.29, 0.717) is 22.0 Å². The van der Waals surface area contributed by atoms with Crippen LogP contribution in [0.4, 0.5) is 11.6 Å². The first-order valence-electron chi connectivity index (χ1n) is 6.98. The van der Waals surface area contributed by atoms with Crippen LogP contribution in [0.5, 0.6) is 0 Å². The number of amides is 1. The summed E-state index contributed by atoms with van der Waals surface area (Å²) in [5.74, 6) is -0.0525. The lowest BCUT2D eigenvalue weighted by atomic mass is 10.1. The van der Waals surface area contributed by atoms with Crippen LogP contribution in [0.15, 0.2) is 59.2 Å². The Kier molecular flexibility index (Phi) is 4.78. The molecule has 0 aliphatic heterocycles. The second-order valence-corrected chi connectivity index (χ2v) is 6.35. The number of nitrogens with zero attached hydrogens (tertiary/aromatic N) is 2. The summed E-state index contributed by atoms with van der Waals surface area (Å²) in [6.45, 7) is 0. The van der Waals surface area contributed by atoms with Gasteiger partial charge in [-0.25, -0.2) is 9.97 Å². The van der Waals surface area contributed by atoms with Gasteiger partial charge >= 0.3 is 0 Å². The molecule has 2 aromatic carbocycles. The van der Waals surface area contributed by atoms with Gasteiger partial charge in [-0.2, -0.15) is 0 Å². The van der Waals surface area contributed by atoms with E-state index < -0.39 is 0 Å². The fourth-order valence-corrected chi connectivity index (χ4v) is 3.04. The van der Waals surface area contributed by atoms with E-state index in [1.54, 1.807) is 36.5 Å². The van der Waals surface area contributed by atoms with Gasteiger partial charge in [0.2, 0.25) is 5.95 Å². The molecule has 0 saturated carbocycles. The maximum atomic E-state index is 12.4. The lowest BCUT2D eigenvalue weighted by molar-refractivity contribution is 0.102. The molecule has 0 unspecified atom stereocenters. The second-order valence-electron chi connectivity index (χ2n) is 4.99. The molecule has 0 aliphatic carbocycles. The fourth-order valence-electron chi connectivity index (χ4n) is 2.18. The van der Waals surface area contributed by atoms with Gasteiger partial charge in [-0.1, -0.05) is 39.7 Å². The Hall–Kier alpha value is -2.44. The van der Waals surface area contributed by atoms with Gasteiger partial charge in [0.1, 0.15) is 0 Å². The first kappa shape index (κ1) is 16.4. The number of aromatic nitrogens is 2. The summed E-state index contributed by atoms with van der Waals surface area (Å²) in [6, 6.07) is 14.1. The molecule has 3 rings (SSSR count). The van der Waals surface area contributed by atoms with Crippen LogP contribution in [0.3, 0.4) is 0 Å². The number of anilines is 2. The fraction of sp³-hybridized carbons (Fsp3) is 0. The molecule has 24 heavy (non-hydrogen) atoms. The molecule has 0 aliphatic rings. The highest BCUT2D eigenvalue weighted by atomic mass is 79.9. The molecule has 0 atom stereocenters. The second kappa shape index (κ2) is 6.98. The first-order chi connectivity index (χ1) is 11.5. The number of hydrogen-bond donors (Lipinski definition) is 2. The Bertz CT molecular complexity index is 896. The Balaban J connectivity index is 1.85. The lowest BCUT2D eigenvalue weighted by Crippen LogP contribution is -2.12. The van der Waals surface area contributed by atoms with E-state index in [1.165, 1.54) is 0 Å². The van der Waals surface area contributed by atoms with Crippen LogP contribution in [0.2, 0.25) is 5.02 Å². The summed E-state index contributed by atoms with van der Waals surface area (Å²) in [5.41, 5.74) is 8.23. The largest absolute Gasteiger partial charge is 0.368 e. The number of rotatable bonds is 3. The monoisotopic (exact) mass is 402 g/mol. The van der Waals surface area contributed by atoms with Crippen molar-refractivity contribution in [1.82, 2.24) is 9.97 Å². The predicted molar refractivity (Wildman–Crippen MR) is 99.0 cm³/mol. The molecule has 0 fully saturated rings. The number of carbonyl (C=O) groups is 1. The van der Waals surface area contributed by atoms with Crippen molar-refractivity contribution in [2.75, 3.05) is 11.1 Å². The van der Waals surface area contributed by atoms with Crippen LogP contribution in [-0.4, -0.2) is 15.9 Å². The number of benzene rings is 2. The molecule has 1 amide bonds. The van der Waals surface area contributed by atoms with E-state index in [9.17, 15) is 4.79 Å². The molecule has 3 aromatic rings. The molecule has 1 aromatic heterocycles. The Morgan fingerprint density at radius 2 is 2.00 bits per heavy atom. The molecule has 1 heterocycles. The van der Waals surface area contributed by atoms with Gasteiger partial charge in [-0.3, -0.25) is 4.79 Å². The molecule has 3 N–H and O–H groups in total. The quantitative estimate of drug-likeness (QED) is 0.679. The number of nitrogens with one attached hydrogen (secondary N) is 1. The van der Waals surface area contributed by atoms with E-state index in [2.05, 4.69) is 31.2 Å². The molecular weight excluding hydrogens is 392 g/mol. The molecule has 7 heteroatoms. The van der Waals surface area contributed by atoms with Crippen LogP contribution < -0.4 is 11.1 Å². The molecule has 5 nitrogen and oxygen atoms in total. The van der Waals surface area contributed by atoms with Gasteiger partial charge < -0.3 is 11.1 Å². The van der Waals surface area contributed by atoms with Crippen LogP contribution >= 0.6 is 27.5 Å². The minimum Gasteiger partial charge on any atom is -0.368 e. The Labute approximate surface area is 152 Å². The minimum absolute atomic E-state index is 0.200. The van der Waals surface area contributed by atoms with E-state index >= 15 is 0 Å². The number of carbonyl (C=O) groups excluding carboxylic acids is 1. The first-order valence-corrected chi connectivity index (χ1v) is 8.15. The van der Waals surface area contributed by atoms with Gasteiger partial charge in [-0.15, -0.1) is 0 Å². The van der Waals surface area contributed by atoms with Crippen molar-refractivity contribution in [1.29, 1.82) is 0 Å². The van der Waals surface area contributed by atoms with Crippen molar-refractivity contribution >= 4 is 45.1 Å². The van der Waals surface area contributed by atoms with E-state index in [0.717, 1.165) is 10.0 Å². The van der Waals surface area contributed by atoms with Crippen molar-refractivity contribution in [3.8, 4) is 11.3 Å². The van der Waals surface area contributed by atoms with E-state index in [4.69, 9.17) is 17.3 Å². The van der Waals surface area contributed by atoms with Gasteiger partial charge in [-0.05, 0) is 36.4 Å². The zero-order valence-electron chi connectivity index (χ0n) is 12.3. The molecule has 120 valence electrons.